The third kappa shape index (κ3) is 4.33. The Kier molecular flexibility index (Phi) is 5.58. The van der Waals surface area contributed by atoms with Crippen LogP contribution < -0.4 is 14.9 Å². The summed E-state index contributed by atoms with van der Waals surface area (Å²) >= 11 is 0. The Morgan fingerprint density at radius 2 is 1.58 bits per heavy atom. The predicted molar refractivity (Wildman–Crippen MR) is 96.0 cm³/mol. The normalized spacial score (nSPS) is 11.1. The molecule has 2 aromatic carbocycles. The molecule has 0 saturated carbocycles. The molecular weight excluding hydrogens is 326 g/mol. The molecule has 0 bridgehead atoms. The fourth-order valence-electron chi connectivity index (χ4n) is 2.10. The fourth-order valence-corrected chi connectivity index (χ4v) is 3.15. The lowest BCUT2D eigenvalue weighted by atomic mass is 10.2. The number of benzene rings is 2. The van der Waals surface area contributed by atoms with Crippen LogP contribution in [0.15, 0.2) is 53.4 Å². The van der Waals surface area contributed by atoms with Gasteiger partial charge in [0.15, 0.2) is 0 Å². The van der Waals surface area contributed by atoms with E-state index < -0.39 is 10.0 Å². The van der Waals surface area contributed by atoms with Crippen molar-refractivity contribution >= 4 is 27.3 Å². The Morgan fingerprint density at radius 1 is 1.00 bits per heavy atom. The van der Waals surface area contributed by atoms with E-state index >= 15 is 0 Å². The topological polar surface area (TPSA) is 78.5 Å². The molecule has 7 heteroatoms. The maximum atomic E-state index is 12.2. The van der Waals surface area contributed by atoms with Crippen LogP contribution in [0.1, 0.15) is 17.3 Å². The summed E-state index contributed by atoms with van der Waals surface area (Å²) in [6.45, 7) is 2.02. The maximum absolute atomic E-state index is 12.2. The van der Waals surface area contributed by atoms with Crippen LogP contribution in [0.3, 0.4) is 0 Å². The summed E-state index contributed by atoms with van der Waals surface area (Å²) in [6, 6.07) is 13.3. The Labute approximate surface area is 142 Å². The summed E-state index contributed by atoms with van der Waals surface area (Å²) in [4.78, 5) is 14.3. The van der Waals surface area contributed by atoms with Crippen LogP contribution in [-0.4, -0.2) is 35.0 Å². The minimum absolute atomic E-state index is 0.135. The van der Waals surface area contributed by atoms with Crippen molar-refractivity contribution in [3.8, 4) is 0 Å². The predicted octanol–water partition coefficient (Wildman–Crippen LogP) is 2.30. The monoisotopic (exact) mass is 347 g/mol. The summed E-state index contributed by atoms with van der Waals surface area (Å²) in [7, 11) is 0.371. The molecule has 0 saturated heterocycles. The van der Waals surface area contributed by atoms with E-state index in [-0.39, 0.29) is 10.8 Å². The molecule has 2 rings (SSSR count). The van der Waals surface area contributed by atoms with Crippen molar-refractivity contribution in [2.24, 2.45) is 0 Å². The Hall–Kier alpha value is -2.38. The van der Waals surface area contributed by atoms with Gasteiger partial charge in [-0.3, -0.25) is 4.79 Å². The standard InChI is InChI=1S/C17H21N3O3S/c1-4-18-24(22,23)16-11-5-13(6-12-16)17(21)19-14-7-9-15(10-8-14)20(2)3/h5-12,18H,4H2,1-3H3,(H,19,21). The summed E-state index contributed by atoms with van der Waals surface area (Å²) in [6.07, 6.45) is 0. The number of hydrogen-bond donors (Lipinski definition) is 2. The van der Waals surface area contributed by atoms with Gasteiger partial charge in [-0.1, -0.05) is 6.92 Å². The highest BCUT2D eigenvalue weighted by Gasteiger charge is 2.13. The van der Waals surface area contributed by atoms with Gasteiger partial charge in [0.2, 0.25) is 10.0 Å². The molecule has 2 aromatic rings. The van der Waals surface area contributed by atoms with Gasteiger partial charge in [-0.25, -0.2) is 13.1 Å². The largest absolute Gasteiger partial charge is 0.378 e. The zero-order chi connectivity index (χ0) is 17.7. The van der Waals surface area contributed by atoms with Crippen molar-refractivity contribution in [1.29, 1.82) is 0 Å². The SMILES string of the molecule is CCNS(=O)(=O)c1ccc(C(=O)Nc2ccc(N(C)C)cc2)cc1. The van der Waals surface area contributed by atoms with E-state index in [0.29, 0.717) is 17.8 Å². The van der Waals surface area contributed by atoms with Crippen LogP contribution in [0.2, 0.25) is 0 Å². The highest BCUT2D eigenvalue weighted by Crippen LogP contribution is 2.17. The van der Waals surface area contributed by atoms with E-state index in [9.17, 15) is 13.2 Å². The maximum Gasteiger partial charge on any atom is 0.255 e. The molecule has 24 heavy (non-hydrogen) atoms. The molecule has 128 valence electrons. The van der Waals surface area contributed by atoms with Crippen molar-refractivity contribution in [2.75, 3.05) is 30.9 Å². The van der Waals surface area contributed by atoms with Gasteiger partial charge in [0.25, 0.3) is 5.91 Å². The van der Waals surface area contributed by atoms with Gasteiger partial charge in [-0.2, -0.15) is 0 Å². The van der Waals surface area contributed by atoms with Crippen LogP contribution in [0, 0.1) is 0 Å². The first-order chi connectivity index (χ1) is 11.3. The van der Waals surface area contributed by atoms with Crippen LogP contribution >= 0.6 is 0 Å². The second-order valence-corrected chi connectivity index (χ2v) is 7.19. The molecule has 0 radical (unpaired) electrons. The lowest BCUT2D eigenvalue weighted by Gasteiger charge is -2.13. The van der Waals surface area contributed by atoms with Gasteiger partial charge in [0.05, 0.1) is 4.90 Å². The van der Waals surface area contributed by atoms with Gasteiger partial charge in [0, 0.05) is 37.6 Å². The number of anilines is 2. The minimum atomic E-state index is -3.51. The summed E-state index contributed by atoms with van der Waals surface area (Å²) in [5.41, 5.74) is 2.10. The number of nitrogens with one attached hydrogen (secondary N) is 2. The highest BCUT2D eigenvalue weighted by atomic mass is 32.2. The van der Waals surface area contributed by atoms with Crippen molar-refractivity contribution in [3.63, 3.8) is 0 Å². The van der Waals surface area contributed by atoms with Crippen LogP contribution in [0.5, 0.6) is 0 Å². The smallest absolute Gasteiger partial charge is 0.255 e. The Morgan fingerprint density at radius 3 is 2.08 bits per heavy atom. The van der Waals surface area contributed by atoms with E-state index in [1.165, 1.54) is 24.3 Å². The molecule has 0 spiro atoms. The van der Waals surface area contributed by atoms with E-state index in [0.717, 1.165) is 5.69 Å². The van der Waals surface area contributed by atoms with Gasteiger partial charge in [-0.05, 0) is 48.5 Å². The number of amides is 1. The lowest BCUT2D eigenvalue weighted by Crippen LogP contribution is -2.23. The number of hydrogen-bond acceptors (Lipinski definition) is 4. The van der Waals surface area contributed by atoms with E-state index in [1.54, 1.807) is 6.92 Å². The van der Waals surface area contributed by atoms with Gasteiger partial charge < -0.3 is 10.2 Å². The average molecular weight is 347 g/mol. The molecule has 0 heterocycles. The van der Waals surface area contributed by atoms with E-state index in [2.05, 4.69) is 10.0 Å². The van der Waals surface area contributed by atoms with Gasteiger partial charge in [0.1, 0.15) is 0 Å². The second kappa shape index (κ2) is 7.46. The first-order valence-corrected chi connectivity index (χ1v) is 9.00. The highest BCUT2D eigenvalue weighted by molar-refractivity contribution is 7.89. The van der Waals surface area contributed by atoms with E-state index in [1.807, 2.05) is 43.3 Å². The summed E-state index contributed by atoms with van der Waals surface area (Å²) < 4.78 is 26.2. The molecule has 0 aromatic heterocycles. The van der Waals surface area contributed by atoms with Crippen molar-refractivity contribution in [3.05, 3.63) is 54.1 Å². The van der Waals surface area contributed by atoms with Crippen molar-refractivity contribution in [2.45, 2.75) is 11.8 Å². The summed E-state index contributed by atoms with van der Waals surface area (Å²) in [5.74, 6) is -0.292. The van der Waals surface area contributed by atoms with Gasteiger partial charge in [-0.15, -0.1) is 0 Å². The number of carbonyl (C=O) groups is 1. The Balaban J connectivity index is 2.10. The lowest BCUT2D eigenvalue weighted by molar-refractivity contribution is 0.102. The molecule has 0 aliphatic carbocycles. The molecule has 0 aliphatic rings. The first kappa shape index (κ1) is 18.0. The van der Waals surface area contributed by atoms with Crippen LogP contribution in [0.4, 0.5) is 11.4 Å². The van der Waals surface area contributed by atoms with Crippen molar-refractivity contribution < 1.29 is 13.2 Å². The molecule has 0 fully saturated rings. The average Bonchev–Trinajstić information content (AvgIpc) is 2.55. The van der Waals surface area contributed by atoms with Crippen LogP contribution in [0.25, 0.3) is 0 Å². The fraction of sp³-hybridized carbons (Fsp3) is 0.235. The second-order valence-electron chi connectivity index (χ2n) is 5.42. The summed E-state index contributed by atoms with van der Waals surface area (Å²) in [5, 5.41) is 2.79. The molecule has 0 aliphatic heterocycles. The zero-order valence-corrected chi connectivity index (χ0v) is 14.7. The molecule has 0 atom stereocenters. The van der Waals surface area contributed by atoms with Crippen LogP contribution in [-0.2, 0) is 10.0 Å². The quantitative estimate of drug-likeness (QED) is 0.840. The molecule has 1 amide bonds. The molecule has 2 N–H and O–H groups in total. The third-order valence-corrected chi connectivity index (χ3v) is 4.96. The molecular formula is C17H21N3O3S. The number of nitrogens with zero attached hydrogens (tertiary/aromatic N) is 1. The molecule has 6 nitrogen and oxygen atoms in total. The minimum Gasteiger partial charge on any atom is -0.378 e. The number of sulfonamides is 1. The first-order valence-electron chi connectivity index (χ1n) is 7.52. The van der Waals surface area contributed by atoms with Crippen molar-refractivity contribution in [1.82, 2.24) is 4.72 Å². The third-order valence-electron chi connectivity index (χ3n) is 3.40. The van der Waals surface area contributed by atoms with E-state index in [4.69, 9.17) is 0 Å². The number of rotatable bonds is 6. The Bertz CT molecular complexity index is 798. The number of carbonyl (C=O) groups excluding carboxylic acids is 1. The molecule has 0 unspecified atom stereocenters. The van der Waals surface area contributed by atoms with Gasteiger partial charge >= 0.3 is 0 Å². The zero-order valence-electron chi connectivity index (χ0n) is 13.9.